The zero-order valence-electron chi connectivity index (χ0n) is 77.1. The lowest BCUT2D eigenvalue weighted by Gasteiger charge is -2.43. The highest BCUT2D eigenvalue weighted by molar-refractivity contribution is 6.93. The Labute approximate surface area is 670 Å². The van der Waals surface area contributed by atoms with Crippen LogP contribution in [0.4, 0.5) is 0 Å². The summed E-state index contributed by atoms with van der Waals surface area (Å²) >= 11 is 0. The highest BCUT2D eigenvalue weighted by atomic mass is 28.5. The molecular weight excluding hydrogens is 1620 g/mol. The second-order valence-corrected chi connectivity index (χ2v) is 120. The summed E-state index contributed by atoms with van der Waals surface area (Å²) in [4.78, 5) is 0. The fourth-order valence-electron chi connectivity index (χ4n) is 15.5. The average molecular weight is 1800 g/mol. The van der Waals surface area contributed by atoms with Crippen LogP contribution in [0.5, 0.6) is 0 Å². The van der Waals surface area contributed by atoms with Gasteiger partial charge in [0.15, 0.2) is 99.8 Å². The smallest absolute Gasteiger partial charge is 0.317 e. The van der Waals surface area contributed by atoms with E-state index >= 15 is 0 Å². The van der Waals surface area contributed by atoms with E-state index in [1.54, 1.807) is 0 Å². The van der Waals surface area contributed by atoms with Crippen LogP contribution in [0.3, 0.4) is 0 Å². The van der Waals surface area contributed by atoms with Crippen LogP contribution in [-0.4, -0.2) is 221 Å². The first-order chi connectivity index (χ1) is 46.1. The third-order valence-corrected chi connectivity index (χ3v) is 76.8. The molecule has 105 heavy (non-hydrogen) atoms. The molecule has 0 unspecified atom stereocenters. The van der Waals surface area contributed by atoms with Gasteiger partial charge in [0.05, 0.1) is 39.6 Å². The van der Waals surface area contributed by atoms with E-state index in [4.69, 9.17) is 49.4 Å². The maximum absolute atomic E-state index is 10.8. The maximum atomic E-state index is 10.8. The van der Waals surface area contributed by atoms with Gasteiger partial charge in [-0.1, -0.05) is 38.5 Å². The summed E-state index contributed by atoms with van der Waals surface area (Å²) in [5.41, 5.74) is -1.35. The number of rotatable bonds is 54. The van der Waals surface area contributed by atoms with Crippen molar-refractivity contribution in [1.29, 1.82) is 0 Å². The fraction of sp³-hybridized carbons (Fsp3) is 1.00. The molecule has 0 aliphatic carbocycles. The number of hydrogen-bond acceptors (Lipinski definition) is 18. The average Bonchev–Trinajstić information content (AvgIpc) is 0.809. The summed E-state index contributed by atoms with van der Waals surface area (Å²) in [6, 6.07) is 5.84. The first-order valence-corrected chi connectivity index (χ1v) is 96.2. The van der Waals surface area contributed by atoms with Crippen molar-refractivity contribution in [2.75, 3.05) is 39.6 Å². The molecule has 0 saturated carbocycles. The molecule has 0 heterocycles. The van der Waals surface area contributed by atoms with E-state index in [2.05, 4.69) is 275 Å². The zero-order valence-corrected chi connectivity index (χ0v) is 95.1. The van der Waals surface area contributed by atoms with Gasteiger partial charge in [-0.15, -0.1) is 0 Å². The van der Waals surface area contributed by atoms with E-state index in [0.717, 1.165) is 100 Å². The van der Waals surface area contributed by atoms with Crippen molar-refractivity contribution < 1.29 is 80.0 Å². The van der Waals surface area contributed by atoms with E-state index in [0.29, 0.717) is 12.8 Å². The normalized spacial score (nSPS) is 15.1. The third-order valence-electron chi connectivity index (χ3n) is 17.0. The molecule has 0 saturated heterocycles. The molecule has 0 amide bonds. The van der Waals surface area contributed by atoms with Gasteiger partial charge in [-0.2, -0.15) is 0 Å². The highest BCUT2D eigenvalue weighted by Crippen LogP contribution is 2.40. The molecular formula is C69H180O18Si18. The molecule has 0 atom stereocenters. The Balaban J connectivity index is -0.00000162. The van der Waals surface area contributed by atoms with Crippen LogP contribution >= 0.6 is 0 Å². The second-order valence-electron chi connectivity index (χ2n) is 43.6. The van der Waals surface area contributed by atoms with Crippen molar-refractivity contribution in [3.05, 3.63) is 0 Å². The molecule has 0 spiro atoms. The van der Waals surface area contributed by atoms with Gasteiger partial charge in [0, 0.05) is 16.2 Å². The van der Waals surface area contributed by atoms with Gasteiger partial charge in [-0.25, -0.2) is 0 Å². The molecule has 0 bridgehead atoms. The van der Waals surface area contributed by atoms with Crippen molar-refractivity contribution in [2.24, 2.45) is 16.2 Å². The van der Waals surface area contributed by atoms with Crippen LogP contribution in [0.1, 0.15) is 77.0 Å². The van der Waals surface area contributed by atoms with Gasteiger partial charge in [-0.3, -0.25) is 0 Å². The molecule has 0 fully saturated rings. The quantitative estimate of drug-likeness (QED) is 0.0311. The van der Waals surface area contributed by atoms with Crippen molar-refractivity contribution >= 4 is 151 Å². The topological polar surface area (TPSA) is 232 Å². The number of aliphatic hydroxyl groups is 6. The van der Waals surface area contributed by atoms with E-state index < -0.39 is 157 Å². The minimum Gasteiger partial charge on any atom is -0.456 e. The number of hydrogen-bond donors (Lipinski definition) is 6. The van der Waals surface area contributed by atoms with Crippen LogP contribution in [0.2, 0.25) is 311 Å². The standard InChI is InChI=1S/C31H84O10Si10.2C19H48O4Si4/c1-42(2,3)34-46(13,14)38-50(21,39-47(15,16)35-43(4,5)6)27-23-25-31(29-32,30-33)26-24-28-51(22,40-48(17,18)36-44(7,8)9)41-49(19,20)37-45(10,11)12;2*1-24(2,3)22-26(7,8)15-11-13-19(17-20,18-21)14-12-16-27(9,10)23-25(4,5)6/h32-33H,23-30H2,1-22H3;2*20-21H,11-18H2,1-10H3. The lowest BCUT2D eigenvalue weighted by atomic mass is 9.81. The van der Waals surface area contributed by atoms with Crippen LogP contribution in [-0.2, 0) is 49.4 Å². The van der Waals surface area contributed by atoms with Crippen LogP contribution in [0.25, 0.3) is 0 Å². The zero-order chi connectivity index (χ0) is 84.0. The SMILES string of the molecule is C[Si](C)(C)O[Si](C)(C)CCCC(CO)(CO)CCC[Si](C)(C)O[Si](C)(C)C.C[Si](C)(C)O[Si](C)(C)CCCC(CO)(CO)CCC[Si](C)(C)O[Si](C)(C)C.C[Si](C)(C)O[Si](C)(C)O[Si](C)(CCCC(CO)(CO)CCC[Si](C)(O[Si](C)(C)O[Si](C)(C)C)O[Si](C)(C)O[Si](C)(C)C)O[Si](C)(C)O[Si](C)(C)C. The summed E-state index contributed by atoms with van der Waals surface area (Å²) in [6.45, 7) is 93.2. The van der Waals surface area contributed by atoms with Crippen molar-refractivity contribution in [2.45, 2.75) is 388 Å². The van der Waals surface area contributed by atoms with Gasteiger partial charge in [0.1, 0.15) is 0 Å². The van der Waals surface area contributed by atoms with Gasteiger partial charge in [-0.05, 0) is 350 Å². The molecule has 0 aliphatic heterocycles. The van der Waals surface area contributed by atoms with Gasteiger partial charge < -0.3 is 80.0 Å². The van der Waals surface area contributed by atoms with E-state index in [-0.39, 0.29) is 50.5 Å². The fourth-order valence-corrected chi connectivity index (χ4v) is 94.5. The monoisotopic (exact) mass is 1800 g/mol. The predicted molar refractivity (Wildman–Crippen MR) is 497 cm³/mol. The van der Waals surface area contributed by atoms with Crippen LogP contribution in [0, 0.1) is 16.2 Å². The van der Waals surface area contributed by atoms with Crippen molar-refractivity contribution in [1.82, 2.24) is 0 Å². The van der Waals surface area contributed by atoms with Gasteiger partial charge in [0.25, 0.3) is 0 Å². The Morgan fingerprint density at radius 2 is 0.295 bits per heavy atom. The summed E-state index contributed by atoms with van der Waals surface area (Å²) in [5.74, 6) is 0. The summed E-state index contributed by atoms with van der Waals surface area (Å²) < 4.78 is 80.2. The first kappa shape index (κ1) is 112. The molecule has 6 N–H and O–H groups in total. The molecule has 0 aromatic carbocycles. The minimum absolute atomic E-state index is 0.0667. The van der Waals surface area contributed by atoms with Gasteiger partial charge >= 0.3 is 51.4 Å². The number of aliphatic hydroxyl groups excluding tert-OH is 6. The Hall–Kier alpha value is 3.18. The first-order valence-electron chi connectivity index (χ1n) is 40.2. The van der Waals surface area contributed by atoms with Crippen LogP contribution in [0.15, 0.2) is 0 Å². The second kappa shape index (κ2) is 44.3. The maximum Gasteiger partial charge on any atom is 0.317 e. The Kier molecular flexibility index (Phi) is 47.4. The summed E-state index contributed by atoms with van der Waals surface area (Å²) in [6.07, 6.45) is 10.4. The minimum atomic E-state index is -2.79. The Morgan fingerprint density at radius 1 is 0.171 bits per heavy atom. The summed E-state index contributed by atoms with van der Waals surface area (Å²) in [5, 5.41) is 61.7. The largest absolute Gasteiger partial charge is 0.456 e. The van der Waals surface area contributed by atoms with Crippen molar-refractivity contribution in [3.63, 3.8) is 0 Å². The molecule has 0 aromatic heterocycles. The molecule has 636 valence electrons. The molecule has 0 aliphatic rings. The lowest BCUT2D eigenvalue weighted by molar-refractivity contribution is 0.0376. The molecule has 0 rings (SSSR count). The van der Waals surface area contributed by atoms with Gasteiger partial charge in [0.2, 0.25) is 0 Å². The highest BCUT2D eigenvalue weighted by Gasteiger charge is 2.50. The van der Waals surface area contributed by atoms with Crippen LogP contribution < -0.4 is 0 Å². The third kappa shape index (κ3) is 59.5. The van der Waals surface area contributed by atoms with E-state index in [1.165, 1.54) is 0 Å². The van der Waals surface area contributed by atoms with E-state index in [9.17, 15) is 30.6 Å². The summed E-state index contributed by atoms with van der Waals surface area (Å²) in [7, 11) is -35.7. The molecule has 0 aromatic rings. The Bertz CT molecular complexity index is 2090. The lowest BCUT2D eigenvalue weighted by Crippen LogP contribution is -2.59. The molecule has 18 nitrogen and oxygen atoms in total. The Morgan fingerprint density at radius 3 is 0.410 bits per heavy atom. The molecule has 0 radical (unpaired) electrons. The van der Waals surface area contributed by atoms with Crippen molar-refractivity contribution in [3.8, 4) is 0 Å². The predicted octanol–water partition coefficient (Wildman–Crippen LogP) is 21.2. The molecule has 36 heteroatoms. The van der Waals surface area contributed by atoms with E-state index in [1.807, 2.05) is 0 Å².